The minimum Gasteiger partial charge on any atom is -0.362 e. The number of aryl methyl sites for hydroxylation is 3. The van der Waals surface area contributed by atoms with Crippen LogP contribution in [0.3, 0.4) is 0 Å². The highest BCUT2D eigenvalue weighted by atomic mass is 79.9. The van der Waals surface area contributed by atoms with Crippen molar-refractivity contribution in [1.29, 1.82) is 0 Å². The Morgan fingerprint density at radius 1 is 1.38 bits per heavy atom. The van der Waals surface area contributed by atoms with Crippen molar-refractivity contribution < 1.29 is 0 Å². The average Bonchev–Trinajstić information content (AvgIpc) is 2.85. The maximum absolute atomic E-state index is 5.32. The summed E-state index contributed by atoms with van der Waals surface area (Å²) in [5, 5.41) is 11.3. The molecule has 0 unspecified atom stereocenters. The van der Waals surface area contributed by atoms with Gasteiger partial charge < -0.3 is 10.6 Å². The zero-order valence-electron chi connectivity index (χ0n) is 12.2. The molecule has 2 rings (SSSR count). The third-order valence-corrected chi connectivity index (χ3v) is 3.75. The molecule has 0 amide bonds. The number of rotatable bonds is 5. The molecule has 0 bridgehead atoms. The van der Waals surface area contributed by atoms with Gasteiger partial charge in [-0.05, 0) is 65.6 Å². The van der Waals surface area contributed by atoms with E-state index in [-0.39, 0.29) is 0 Å². The molecule has 0 saturated heterocycles. The van der Waals surface area contributed by atoms with Crippen LogP contribution in [0.5, 0.6) is 0 Å². The van der Waals surface area contributed by atoms with Gasteiger partial charge in [0.25, 0.3) is 0 Å². The van der Waals surface area contributed by atoms with Crippen LogP contribution in [-0.2, 0) is 6.54 Å². The standard InChI is InChI=1S/C15H19BrN4S/c1-11-4-5-12(2)14(8-11)19-15(21)17-6-3-7-20-10-13(16)9-18-20/h4-5,8-10H,3,6-7H2,1-2H3,(H2,17,19,21). The molecular formula is C15H19BrN4S. The van der Waals surface area contributed by atoms with Gasteiger partial charge in [0.1, 0.15) is 0 Å². The van der Waals surface area contributed by atoms with E-state index < -0.39 is 0 Å². The Hall–Kier alpha value is -1.40. The van der Waals surface area contributed by atoms with Crippen LogP contribution in [0.15, 0.2) is 35.1 Å². The lowest BCUT2D eigenvalue weighted by Gasteiger charge is -2.13. The predicted octanol–water partition coefficient (Wildman–Crippen LogP) is 3.64. The number of halogens is 1. The van der Waals surface area contributed by atoms with E-state index in [1.54, 1.807) is 6.20 Å². The van der Waals surface area contributed by atoms with E-state index in [1.165, 1.54) is 11.1 Å². The van der Waals surface area contributed by atoms with Crippen LogP contribution in [0.4, 0.5) is 5.69 Å². The Bertz CT molecular complexity index is 624. The van der Waals surface area contributed by atoms with E-state index >= 15 is 0 Å². The van der Waals surface area contributed by atoms with Gasteiger partial charge in [0.2, 0.25) is 0 Å². The lowest BCUT2D eigenvalue weighted by molar-refractivity contribution is 0.573. The lowest BCUT2D eigenvalue weighted by atomic mass is 10.1. The van der Waals surface area contributed by atoms with Gasteiger partial charge in [-0.3, -0.25) is 4.68 Å². The number of benzene rings is 1. The molecule has 112 valence electrons. The van der Waals surface area contributed by atoms with E-state index in [0.717, 1.165) is 29.7 Å². The third-order valence-electron chi connectivity index (χ3n) is 3.09. The summed E-state index contributed by atoms with van der Waals surface area (Å²) in [5.41, 5.74) is 3.46. The molecule has 6 heteroatoms. The van der Waals surface area contributed by atoms with Crippen LogP contribution >= 0.6 is 28.1 Å². The smallest absolute Gasteiger partial charge is 0.170 e. The predicted molar refractivity (Wildman–Crippen MR) is 94.7 cm³/mol. The van der Waals surface area contributed by atoms with E-state index in [0.29, 0.717) is 5.11 Å². The molecule has 1 aromatic heterocycles. The Kier molecular flexibility index (Phi) is 5.76. The molecule has 0 aliphatic carbocycles. The highest BCUT2D eigenvalue weighted by molar-refractivity contribution is 9.10. The number of nitrogens with one attached hydrogen (secondary N) is 2. The molecule has 1 aromatic carbocycles. The van der Waals surface area contributed by atoms with Gasteiger partial charge in [0, 0.05) is 25.0 Å². The zero-order valence-corrected chi connectivity index (χ0v) is 14.6. The number of hydrogen-bond donors (Lipinski definition) is 2. The number of aromatic nitrogens is 2. The molecule has 0 atom stereocenters. The summed E-state index contributed by atoms with van der Waals surface area (Å²) in [6, 6.07) is 6.29. The summed E-state index contributed by atoms with van der Waals surface area (Å²) >= 11 is 8.71. The fourth-order valence-corrected chi connectivity index (χ4v) is 2.48. The third kappa shape index (κ3) is 5.13. The van der Waals surface area contributed by atoms with Crippen LogP contribution in [0.2, 0.25) is 0 Å². The quantitative estimate of drug-likeness (QED) is 0.626. The second-order valence-electron chi connectivity index (χ2n) is 4.97. The lowest BCUT2D eigenvalue weighted by Crippen LogP contribution is -2.30. The van der Waals surface area contributed by atoms with Gasteiger partial charge in [-0.1, -0.05) is 12.1 Å². The summed E-state index contributed by atoms with van der Waals surface area (Å²) in [6.07, 6.45) is 4.72. The summed E-state index contributed by atoms with van der Waals surface area (Å²) in [5.74, 6) is 0. The molecule has 4 nitrogen and oxygen atoms in total. The first kappa shape index (κ1) is 16.0. The molecule has 21 heavy (non-hydrogen) atoms. The van der Waals surface area contributed by atoms with Gasteiger partial charge in [-0.2, -0.15) is 5.10 Å². The first-order valence-electron chi connectivity index (χ1n) is 6.84. The Balaban J connectivity index is 1.73. The molecule has 0 fully saturated rings. The van der Waals surface area contributed by atoms with Gasteiger partial charge in [-0.25, -0.2) is 0 Å². The normalized spacial score (nSPS) is 10.4. The summed E-state index contributed by atoms with van der Waals surface area (Å²) < 4.78 is 2.91. The summed E-state index contributed by atoms with van der Waals surface area (Å²) in [4.78, 5) is 0. The number of nitrogens with zero attached hydrogens (tertiary/aromatic N) is 2. The molecule has 1 heterocycles. The van der Waals surface area contributed by atoms with Gasteiger partial charge in [-0.15, -0.1) is 0 Å². The summed E-state index contributed by atoms with van der Waals surface area (Å²) in [6.45, 7) is 5.82. The van der Waals surface area contributed by atoms with Crippen molar-refractivity contribution in [3.63, 3.8) is 0 Å². The highest BCUT2D eigenvalue weighted by Gasteiger charge is 2.01. The van der Waals surface area contributed by atoms with Crippen molar-refractivity contribution in [2.45, 2.75) is 26.8 Å². The minimum atomic E-state index is 0.658. The van der Waals surface area contributed by atoms with Crippen molar-refractivity contribution in [2.75, 3.05) is 11.9 Å². The average molecular weight is 367 g/mol. The highest BCUT2D eigenvalue weighted by Crippen LogP contribution is 2.16. The monoisotopic (exact) mass is 366 g/mol. The van der Waals surface area contributed by atoms with Crippen LogP contribution in [0.25, 0.3) is 0 Å². The molecule has 0 aliphatic heterocycles. The number of thiocarbonyl (C=S) groups is 1. The van der Waals surface area contributed by atoms with Crippen LogP contribution < -0.4 is 10.6 Å². The van der Waals surface area contributed by atoms with Crippen LogP contribution in [0, 0.1) is 13.8 Å². The Morgan fingerprint density at radius 3 is 2.90 bits per heavy atom. The van der Waals surface area contributed by atoms with Crippen molar-refractivity contribution in [2.24, 2.45) is 0 Å². The van der Waals surface area contributed by atoms with E-state index in [9.17, 15) is 0 Å². The molecule has 0 saturated carbocycles. The van der Waals surface area contributed by atoms with Crippen LogP contribution in [-0.4, -0.2) is 21.4 Å². The maximum Gasteiger partial charge on any atom is 0.170 e. The molecule has 0 radical (unpaired) electrons. The van der Waals surface area contributed by atoms with Gasteiger partial charge >= 0.3 is 0 Å². The van der Waals surface area contributed by atoms with E-state index in [1.807, 2.05) is 10.9 Å². The SMILES string of the molecule is Cc1ccc(C)c(NC(=S)NCCCn2cc(Br)cn2)c1. The molecule has 0 aliphatic rings. The van der Waals surface area contributed by atoms with Gasteiger partial charge in [0.15, 0.2) is 5.11 Å². The van der Waals surface area contributed by atoms with E-state index in [2.05, 4.69) is 63.7 Å². The van der Waals surface area contributed by atoms with Crippen LogP contribution in [0.1, 0.15) is 17.5 Å². The topological polar surface area (TPSA) is 41.9 Å². The fraction of sp³-hybridized carbons (Fsp3) is 0.333. The Labute approximate surface area is 139 Å². The zero-order chi connectivity index (χ0) is 15.2. The maximum atomic E-state index is 5.32. The van der Waals surface area contributed by atoms with Crippen molar-refractivity contribution >= 4 is 38.9 Å². The van der Waals surface area contributed by atoms with Crippen molar-refractivity contribution in [1.82, 2.24) is 15.1 Å². The van der Waals surface area contributed by atoms with Crippen molar-refractivity contribution in [3.8, 4) is 0 Å². The second kappa shape index (κ2) is 7.56. The fourth-order valence-electron chi connectivity index (χ4n) is 1.94. The first-order valence-corrected chi connectivity index (χ1v) is 8.05. The number of anilines is 1. The largest absolute Gasteiger partial charge is 0.362 e. The van der Waals surface area contributed by atoms with E-state index in [4.69, 9.17) is 12.2 Å². The van der Waals surface area contributed by atoms with Gasteiger partial charge in [0.05, 0.1) is 10.7 Å². The first-order chi connectivity index (χ1) is 10.0. The van der Waals surface area contributed by atoms with Crippen molar-refractivity contribution in [3.05, 3.63) is 46.2 Å². The summed E-state index contributed by atoms with van der Waals surface area (Å²) in [7, 11) is 0. The second-order valence-corrected chi connectivity index (χ2v) is 6.30. The molecule has 0 spiro atoms. The number of hydrogen-bond acceptors (Lipinski definition) is 2. The molecule has 2 N–H and O–H groups in total. The molecular weight excluding hydrogens is 348 g/mol. The minimum absolute atomic E-state index is 0.658. The molecule has 2 aromatic rings. The Morgan fingerprint density at radius 2 is 2.19 bits per heavy atom.